The van der Waals surface area contributed by atoms with Gasteiger partial charge in [0.2, 0.25) is 0 Å². The molecule has 2 N–H and O–H groups in total. The summed E-state index contributed by atoms with van der Waals surface area (Å²) in [4.78, 5) is 12.5. The molecule has 8 nitrogen and oxygen atoms in total. The Balaban J connectivity index is 1.37. The molecule has 1 saturated carbocycles. The van der Waals surface area contributed by atoms with E-state index in [0.29, 0.717) is 17.9 Å². The molecule has 3 atom stereocenters. The van der Waals surface area contributed by atoms with Gasteiger partial charge in [0.1, 0.15) is 12.7 Å². The molecule has 1 amide bonds. The van der Waals surface area contributed by atoms with Crippen LogP contribution in [0, 0.1) is 5.92 Å². The highest BCUT2D eigenvalue weighted by molar-refractivity contribution is 5.94. The summed E-state index contributed by atoms with van der Waals surface area (Å²) in [5, 5.41) is 25.0. The molecular weight excluding hydrogens is 332 g/mol. The lowest BCUT2D eigenvalue weighted by molar-refractivity contribution is 0.0873. The van der Waals surface area contributed by atoms with Crippen LogP contribution in [0.5, 0.6) is 0 Å². The number of hydrogen-bond donors (Lipinski definition) is 2. The lowest BCUT2D eigenvalue weighted by Gasteiger charge is -2.16. The fourth-order valence-electron chi connectivity index (χ4n) is 3.47. The maximum atomic E-state index is 12.5. The standard InChI is InChI=1S/C18H20N6O2/c25-17-9-13(10-24-7-1-6-21-24)8-16(17)22-18(26)14-2-4-15(5-3-14)23-11-19-20-12-23/h1-7,11-13,16-17,25H,8-10H2,(H,22,26)/t13?,16-,17-/m1/s1. The van der Waals surface area contributed by atoms with Gasteiger partial charge in [-0.25, -0.2) is 0 Å². The molecule has 1 unspecified atom stereocenters. The topological polar surface area (TPSA) is 97.9 Å². The van der Waals surface area contributed by atoms with E-state index in [9.17, 15) is 9.90 Å². The number of nitrogens with one attached hydrogen (secondary N) is 1. The van der Waals surface area contributed by atoms with Crippen molar-refractivity contribution in [2.24, 2.45) is 5.92 Å². The Morgan fingerprint density at radius 3 is 2.65 bits per heavy atom. The van der Waals surface area contributed by atoms with Crippen molar-refractivity contribution in [2.75, 3.05) is 0 Å². The van der Waals surface area contributed by atoms with Gasteiger partial charge in [0.25, 0.3) is 5.91 Å². The highest BCUT2D eigenvalue weighted by Crippen LogP contribution is 2.27. The molecule has 3 aromatic rings. The van der Waals surface area contributed by atoms with Crippen molar-refractivity contribution in [3.63, 3.8) is 0 Å². The quantitative estimate of drug-likeness (QED) is 0.715. The molecule has 4 rings (SSSR count). The van der Waals surface area contributed by atoms with Gasteiger partial charge < -0.3 is 10.4 Å². The highest BCUT2D eigenvalue weighted by Gasteiger charge is 2.34. The van der Waals surface area contributed by atoms with E-state index < -0.39 is 6.10 Å². The van der Waals surface area contributed by atoms with E-state index in [1.54, 1.807) is 35.6 Å². The third kappa shape index (κ3) is 3.50. The number of carbonyl (C=O) groups excluding carboxylic acids is 1. The second kappa shape index (κ2) is 7.09. The van der Waals surface area contributed by atoms with Crippen molar-refractivity contribution in [1.29, 1.82) is 0 Å². The number of nitrogens with zero attached hydrogens (tertiary/aromatic N) is 5. The maximum absolute atomic E-state index is 12.5. The van der Waals surface area contributed by atoms with Gasteiger partial charge in [-0.2, -0.15) is 5.10 Å². The lowest BCUT2D eigenvalue weighted by atomic mass is 10.1. The summed E-state index contributed by atoms with van der Waals surface area (Å²) < 4.78 is 3.63. The van der Waals surface area contributed by atoms with E-state index in [2.05, 4.69) is 20.6 Å². The second-order valence-electron chi connectivity index (χ2n) is 6.63. The van der Waals surface area contributed by atoms with Gasteiger partial charge in [-0.3, -0.25) is 14.0 Å². The minimum absolute atomic E-state index is 0.177. The molecule has 134 valence electrons. The Morgan fingerprint density at radius 1 is 1.19 bits per heavy atom. The summed E-state index contributed by atoms with van der Waals surface area (Å²) in [7, 11) is 0. The molecule has 0 spiro atoms. The summed E-state index contributed by atoms with van der Waals surface area (Å²) in [5.41, 5.74) is 1.44. The van der Waals surface area contributed by atoms with Gasteiger partial charge in [-0.15, -0.1) is 10.2 Å². The smallest absolute Gasteiger partial charge is 0.251 e. The van der Waals surface area contributed by atoms with Crippen LogP contribution in [0.1, 0.15) is 23.2 Å². The molecule has 0 radical (unpaired) electrons. The number of amides is 1. The first-order valence-corrected chi connectivity index (χ1v) is 8.60. The number of hydrogen-bond acceptors (Lipinski definition) is 5. The predicted octanol–water partition coefficient (Wildman–Crippen LogP) is 1.03. The predicted molar refractivity (Wildman–Crippen MR) is 93.6 cm³/mol. The average Bonchev–Trinajstić information content (AvgIpc) is 3.39. The molecule has 1 aromatic carbocycles. The molecule has 26 heavy (non-hydrogen) atoms. The highest BCUT2D eigenvalue weighted by atomic mass is 16.3. The van der Waals surface area contributed by atoms with E-state index in [1.165, 1.54) is 0 Å². The number of aromatic nitrogens is 5. The Kier molecular flexibility index (Phi) is 4.49. The third-order valence-corrected chi connectivity index (χ3v) is 4.79. The SMILES string of the molecule is O=C(N[C@@H]1CC(Cn2cccn2)C[C@H]1O)c1ccc(-n2cnnc2)cc1. The van der Waals surface area contributed by atoms with Gasteiger partial charge in [0, 0.05) is 30.2 Å². The Hall–Kier alpha value is -3.00. The van der Waals surface area contributed by atoms with Crippen LogP contribution in [0.15, 0.2) is 55.4 Å². The normalized spacial score (nSPS) is 22.4. The van der Waals surface area contributed by atoms with Crippen molar-refractivity contribution >= 4 is 5.91 Å². The van der Waals surface area contributed by atoms with Crippen molar-refractivity contribution in [3.05, 3.63) is 60.9 Å². The summed E-state index contributed by atoms with van der Waals surface area (Å²) in [6.07, 6.45) is 7.73. The zero-order valence-corrected chi connectivity index (χ0v) is 14.1. The fourth-order valence-corrected chi connectivity index (χ4v) is 3.47. The number of aliphatic hydroxyl groups is 1. The van der Waals surface area contributed by atoms with E-state index in [-0.39, 0.29) is 11.9 Å². The third-order valence-electron chi connectivity index (χ3n) is 4.79. The van der Waals surface area contributed by atoms with E-state index in [4.69, 9.17) is 0 Å². The van der Waals surface area contributed by atoms with Crippen LogP contribution >= 0.6 is 0 Å². The van der Waals surface area contributed by atoms with Crippen molar-refractivity contribution in [3.8, 4) is 5.69 Å². The van der Waals surface area contributed by atoms with Gasteiger partial charge >= 0.3 is 0 Å². The molecule has 2 aromatic heterocycles. The van der Waals surface area contributed by atoms with Gasteiger partial charge in [0.05, 0.1) is 12.1 Å². The zero-order chi connectivity index (χ0) is 17.9. The van der Waals surface area contributed by atoms with E-state index in [0.717, 1.165) is 18.7 Å². The van der Waals surface area contributed by atoms with Crippen molar-refractivity contribution < 1.29 is 9.90 Å². The number of aliphatic hydroxyl groups excluding tert-OH is 1. The molecule has 1 aliphatic rings. The van der Waals surface area contributed by atoms with Crippen LogP contribution in [-0.4, -0.2) is 47.7 Å². The molecule has 1 fully saturated rings. The minimum atomic E-state index is -0.532. The van der Waals surface area contributed by atoms with Gasteiger partial charge in [-0.05, 0) is 49.1 Å². The molecule has 2 heterocycles. The summed E-state index contributed by atoms with van der Waals surface area (Å²) in [6, 6.07) is 8.84. The summed E-state index contributed by atoms with van der Waals surface area (Å²) in [5.74, 6) is 0.121. The van der Waals surface area contributed by atoms with Crippen LogP contribution in [0.25, 0.3) is 5.69 Å². The minimum Gasteiger partial charge on any atom is -0.391 e. The Labute approximate surface area is 150 Å². The molecule has 0 bridgehead atoms. The van der Waals surface area contributed by atoms with Crippen LogP contribution in [0.4, 0.5) is 0 Å². The van der Waals surface area contributed by atoms with Gasteiger partial charge in [-0.1, -0.05) is 0 Å². The second-order valence-corrected chi connectivity index (χ2v) is 6.63. The zero-order valence-electron chi connectivity index (χ0n) is 14.1. The first-order valence-electron chi connectivity index (χ1n) is 8.60. The van der Waals surface area contributed by atoms with Gasteiger partial charge in [0.15, 0.2) is 0 Å². The Morgan fingerprint density at radius 2 is 1.96 bits per heavy atom. The monoisotopic (exact) mass is 352 g/mol. The number of benzene rings is 1. The summed E-state index contributed by atoms with van der Waals surface area (Å²) in [6.45, 7) is 0.754. The number of rotatable bonds is 5. The first-order chi connectivity index (χ1) is 12.7. The van der Waals surface area contributed by atoms with Crippen LogP contribution in [-0.2, 0) is 6.54 Å². The molecule has 0 aliphatic heterocycles. The molecule has 0 saturated heterocycles. The fraction of sp³-hybridized carbons (Fsp3) is 0.333. The number of carbonyl (C=O) groups is 1. The van der Waals surface area contributed by atoms with Crippen molar-refractivity contribution in [1.82, 2.24) is 29.9 Å². The summed E-state index contributed by atoms with van der Waals surface area (Å²) >= 11 is 0. The molecular formula is C18H20N6O2. The van der Waals surface area contributed by atoms with E-state index in [1.807, 2.05) is 29.1 Å². The van der Waals surface area contributed by atoms with Crippen LogP contribution in [0.2, 0.25) is 0 Å². The van der Waals surface area contributed by atoms with E-state index >= 15 is 0 Å². The molecule has 1 aliphatic carbocycles. The molecule has 8 heteroatoms. The van der Waals surface area contributed by atoms with Crippen LogP contribution < -0.4 is 5.32 Å². The lowest BCUT2D eigenvalue weighted by Crippen LogP contribution is -2.39. The van der Waals surface area contributed by atoms with Crippen molar-refractivity contribution in [2.45, 2.75) is 31.5 Å². The first kappa shape index (κ1) is 16.5. The maximum Gasteiger partial charge on any atom is 0.251 e. The largest absolute Gasteiger partial charge is 0.391 e. The average molecular weight is 352 g/mol. The van der Waals surface area contributed by atoms with Crippen LogP contribution in [0.3, 0.4) is 0 Å². The Bertz CT molecular complexity index is 844.